The fourth-order valence-corrected chi connectivity index (χ4v) is 7.69. The predicted molar refractivity (Wildman–Crippen MR) is 241 cm³/mol. The number of rotatable bonds is 46. The molecule has 332 valence electrons. The Balaban J connectivity index is 3.50. The lowest BCUT2D eigenvalue weighted by Gasteiger charge is -2.22. The van der Waals surface area contributed by atoms with E-state index >= 15 is 0 Å². The molecule has 56 heavy (non-hydrogen) atoms. The number of aliphatic hydroxyl groups is 2. The molecule has 0 aromatic rings. The summed E-state index contributed by atoms with van der Waals surface area (Å²) in [5, 5.41) is 23.2. The molecule has 0 aromatic heterocycles. The lowest BCUT2D eigenvalue weighted by Crippen LogP contribution is -2.45. The van der Waals surface area contributed by atoms with Gasteiger partial charge in [-0.1, -0.05) is 219 Å². The topological polar surface area (TPSA) is 95.9 Å². The molecule has 0 radical (unpaired) electrons. The zero-order valence-electron chi connectivity index (χ0n) is 37.6. The Kier molecular flexibility index (Phi) is 45.1. The molecule has 0 aliphatic heterocycles. The number of unbranched alkanes of at least 4 members (excludes halogenated alkanes) is 33. The highest BCUT2D eigenvalue weighted by Gasteiger charge is 2.20. The molecule has 6 heteroatoms. The van der Waals surface area contributed by atoms with Gasteiger partial charge in [0.2, 0.25) is 5.91 Å². The van der Waals surface area contributed by atoms with Crippen molar-refractivity contribution in [3.05, 3.63) is 12.2 Å². The molecule has 0 aliphatic rings. The maximum atomic E-state index is 12.4. The second kappa shape index (κ2) is 46.3. The standard InChI is InChI=1S/C50H97NO5/c1-3-5-7-9-11-13-15-17-19-22-26-30-34-38-42-48(53)47(46-52)51-49(54)43-39-35-31-27-23-20-18-21-25-29-33-37-41-45-56-50(55)44-40-36-32-28-24-16-14-12-10-8-6-4-2/h20,23,47-48,52-53H,3-19,21-22,24-46H2,1-2H3,(H,51,54)/b23-20-. The Morgan fingerprint density at radius 1 is 0.482 bits per heavy atom. The third-order valence-electron chi connectivity index (χ3n) is 11.6. The molecule has 6 nitrogen and oxygen atoms in total. The molecule has 2 atom stereocenters. The number of allylic oxidation sites excluding steroid dienone is 2. The van der Waals surface area contributed by atoms with Crippen LogP contribution in [-0.2, 0) is 14.3 Å². The molecule has 0 rings (SSSR count). The van der Waals surface area contributed by atoms with Crippen LogP contribution in [0.2, 0.25) is 0 Å². The minimum Gasteiger partial charge on any atom is -0.466 e. The highest BCUT2D eigenvalue weighted by molar-refractivity contribution is 5.76. The van der Waals surface area contributed by atoms with Gasteiger partial charge >= 0.3 is 5.97 Å². The van der Waals surface area contributed by atoms with Crippen LogP contribution >= 0.6 is 0 Å². The van der Waals surface area contributed by atoms with Crippen molar-refractivity contribution in [2.24, 2.45) is 0 Å². The maximum Gasteiger partial charge on any atom is 0.305 e. The quantitative estimate of drug-likeness (QED) is 0.0324. The second-order valence-corrected chi connectivity index (χ2v) is 17.1. The first-order valence-corrected chi connectivity index (χ1v) is 24.9. The fourth-order valence-electron chi connectivity index (χ4n) is 7.69. The average molecular weight is 792 g/mol. The van der Waals surface area contributed by atoms with E-state index in [0.717, 1.165) is 70.6 Å². The third kappa shape index (κ3) is 42.2. The van der Waals surface area contributed by atoms with Crippen molar-refractivity contribution in [3.8, 4) is 0 Å². The van der Waals surface area contributed by atoms with E-state index in [1.165, 1.54) is 167 Å². The Bertz CT molecular complexity index is 832. The molecule has 0 fully saturated rings. The minimum absolute atomic E-state index is 0.0119. The second-order valence-electron chi connectivity index (χ2n) is 17.1. The van der Waals surface area contributed by atoms with Crippen molar-refractivity contribution in [2.75, 3.05) is 13.2 Å². The first kappa shape index (κ1) is 54.6. The van der Waals surface area contributed by atoms with E-state index in [9.17, 15) is 19.8 Å². The number of hydrogen-bond donors (Lipinski definition) is 3. The number of ether oxygens (including phenoxy) is 1. The summed E-state index contributed by atoms with van der Waals surface area (Å²) in [6.07, 6.45) is 51.7. The van der Waals surface area contributed by atoms with Crippen molar-refractivity contribution in [1.29, 1.82) is 0 Å². The van der Waals surface area contributed by atoms with Gasteiger partial charge < -0.3 is 20.3 Å². The normalized spacial score (nSPS) is 12.7. The van der Waals surface area contributed by atoms with E-state index in [-0.39, 0.29) is 18.5 Å². The van der Waals surface area contributed by atoms with Crippen LogP contribution in [0.1, 0.15) is 271 Å². The van der Waals surface area contributed by atoms with E-state index in [2.05, 4.69) is 31.3 Å². The summed E-state index contributed by atoms with van der Waals surface area (Å²) in [7, 11) is 0. The van der Waals surface area contributed by atoms with E-state index in [0.29, 0.717) is 25.9 Å². The van der Waals surface area contributed by atoms with Gasteiger partial charge in [-0.25, -0.2) is 0 Å². The summed E-state index contributed by atoms with van der Waals surface area (Å²) in [5.41, 5.74) is 0. The van der Waals surface area contributed by atoms with Gasteiger partial charge in [-0.3, -0.25) is 9.59 Å². The Morgan fingerprint density at radius 2 is 0.839 bits per heavy atom. The first-order chi connectivity index (χ1) is 27.5. The minimum atomic E-state index is -0.679. The number of amides is 1. The summed E-state index contributed by atoms with van der Waals surface area (Å²) < 4.78 is 5.44. The van der Waals surface area contributed by atoms with Crippen LogP contribution in [-0.4, -0.2) is 47.4 Å². The lowest BCUT2D eigenvalue weighted by molar-refractivity contribution is -0.143. The monoisotopic (exact) mass is 792 g/mol. The molecule has 0 spiro atoms. The van der Waals surface area contributed by atoms with E-state index < -0.39 is 12.1 Å². The largest absolute Gasteiger partial charge is 0.466 e. The number of esters is 1. The Morgan fingerprint density at radius 3 is 1.29 bits per heavy atom. The SMILES string of the molecule is CCCCCCCCCCCCCCCCC(O)C(CO)NC(=O)CCCCC/C=C\CCCCCCCCOC(=O)CCCCCCCCCCCCCC. The zero-order valence-corrected chi connectivity index (χ0v) is 37.6. The molecule has 0 heterocycles. The number of nitrogens with one attached hydrogen (secondary N) is 1. The maximum absolute atomic E-state index is 12.4. The van der Waals surface area contributed by atoms with Crippen LogP contribution in [0.3, 0.4) is 0 Å². The van der Waals surface area contributed by atoms with Crippen LogP contribution in [0, 0.1) is 0 Å². The molecule has 0 aromatic carbocycles. The lowest BCUT2D eigenvalue weighted by atomic mass is 10.0. The number of hydrogen-bond acceptors (Lipinski definition) is 5. The molecule has 0 aliphatic carbocycles. The summed E-state index contributed by atoms with van der Waals surface area (Å²) in [4.78, 5) is 24.4. The van der Waals surface area contributed by atoms with E-state index in [1.807, 2.05) is 0 Å². The molecule has 0 saturated heterocycles. The fraction of sp³-hybridized carbons (Fsp3) is 0.920. The first-order valence-electron chi connectivity index (χ1n) is 24.9. The van der Waals surface area contributed by atoms with E-state index in [4.69, 9.17) is 4.74 Å². The van der Waals surface area contributed by atoms with Crippen LogP contribution in [0.25, 0.3) is 0 Å². The third-order valence-corrected chi connectivity index (χ3v) is 11.6. The highest BCUT2D eigenvalue weighted by Crippen LogP contribution is 2.16. The summed E-state index contributed by atoms with van der Waals surface area (Å²) in [5.74, 6) is -0.0761. The van der Waals surface area contributed by atoms with Crippen LogP contribution in [0.15, 0.2) is 12.2 Å². The van der Waals surface area contributed by atoms with Gasteiger partial charge in [0, 0.05) is 12.8 Å². The molecule has 1 amide bonds. The number of aliphatic hydroxyl groups excluding tert-OH is 2. The summed E-state index contributed by atoms with van der Waals surface area (Å²) >= 11 is 0. The smallest absolute Gasteiger partial charge is 0.305 e. The van der Waals surface area contributed by atoms with Gasteiger partial charge in [0.15, 0.2) is 0 Å². The summed E-state index contributed by atoms with van der Waals surface area (Å²) in [6, 6.07) is -0.559. The van der Waals surface area contributed by atoms with Gasteiger partial charge in [-0.2, -0.15) is 0 Å². The highest BCUT2D eigenvalue weighted by atomic mass is 16.5. The van der Waals surface area contributed by atoms with Crippen LogP contribution in [0.4, 0.5) is 0 Å². The average Bonchev–Trinajstić information content (AvgIpc) is 3.20. The Hall–Kier alpha value is -1.40. The van der Waals surface area contributed by atoms with Gasteiger partial charge in [0.1, 0.15) is 0 Å². The summed E-state index contributed by atoms with van der Waals surface area (Å²) in [6.45, 7) is 4.91. The number of carbonyl (C=O) groups is 2. The predicted octanol–water partition coefficient (Wildman–Crippen LogP) is 14.6. The van der Waals surface area contributed by atoms with E-state index in [1.54, 1.807) is 0 Å². The van der Waals surface area contributed by atoms with Crippen LogP contribution < -0.4 is 5.32 Å². The van der Waals surface area contributed by atoms with Crippen molar-refractivity contribution in [3.63, 3.8) is 0 Å². The van der Waals surface area contributed by atoms with Crippen molar-refractivity contribution >= 4 is 11.9 Å². The van der Waals surface area contributed by atoms with Gasteiger partial charge in [0.05, 0.1) is 25.4 Å². The molecule has 0 bridgehead atoms. The molecule has 2 unspecified atom stereocenters. The van der Waals surface area contributed by atoms with Crippen LogP contribution in [0.5, 0.6) is 0 Å². The molecular weight excluding hydrogens is 695 g/mol. The Labute approximate surface area is 349 Å². The van der Waals surface area contributed by atoms with Crippen molar-refractivity contribution in [1.82, 2.24) is 5.32 Å². The van der Waals surface area contributed by atoms with Crippen molar-refractivity contribution < 1.29 is 24.5 Å². The molecule has 0 saturated carbocycles. The molecule has 3 N–H and O–H groups in total. The van der Waals surface area contributed by atoms with Crippen molar-refractivity contribution in [2.45, 2.75) is 283 Å². The zero-order chi connectivity index (χ0) is 40.8. The molecular formula is C50H97NO5. The van der Waals surface area contributed by atoms with Gasteiger partial charge in [-0.05, 0) is 51.4 Å². The van der Waals surface area contributed by atoms with Gasteiger partial charge in [0.25, 0.3) is 0 Å². The number of carbonyl (C=O) groups excluding carboxylic acids is 2. The van der Waals surface area contributed by atoms with Gasteiger partial charge in [-0.15, -0.1) is 0 Å².